The number of amides is 1. The second-order valence-corrected chi connectivity index (χ2v) is 7.29. The third-order valence-corrected chi connectivity index (χ3v) is 4.92. The third kappa shape index (κ3) is 5.00. The Morgan fingerprint density at radius 1 is 1.20 bits per heavy atom. The lowest BCUT2D eigenvalue weighted by Crippen LogP contribution is -2.35. The fourth-order valence-corrected chi connectivity index (χ4v) is 3.27. The number of esters is 1. The first-order valence-electron chi connectivity index (χ1n) is 9.78. The van der Waals surface area contributed by atoms with Crippen LogP contribution in [-0.4, -0.2) is 32.6 Å². The largest absolute Gasteiger partial charge is 0.453 e. The van der Waals surface area contributed by atoms with Gasteiger partial charge in [-0.15, -0.1) is 0 Å². The van der Waals surface area contributed by atoms with Crippen molar-refractivity contribution in [2.24, 2.45) is 0 Å². The molecule has 0 saturated heterocycles. The SMILES string of the molecule is Cc1cc2nc(C)c(CCC(=O)O[C@H](C)C(=O)NCc3ccc(F)cc3)c(C)n2n1. The molecule has 3 aromatic rings. The first kappa shape index (κ1) is 21.4. The highest BCUT2D eigenvalue weighted by molar-refractivity contribution is 5.83. The Morgan fingerprint density at radius 3 is 2.60 bits per heavy atom. The zero-order chi connectivity index (χ0) is 21.8. The van der Waals surface area contributed by atoms with Gasteiger partial charge in [-0.2, -0.15) is 5.10 Å². The summed E-state index contributed by atoms with van der Waals surface area (Å²) in [6, 6.07) is 7.73. The van der Waals surface area contributed by atoms with Crippen LogP contribution in [0.4, 0.5) is 4.39 Å². The highest BCUT2D eigenvalue weighted by Crippen LogP contribution is 2.17. The Morgan fingerprint density at radius 2 is 1.90 bits per heavy atom. The Bertz CT molecular complexity index is 1080. The van der Waals surface area contributed by atoms with Gasteiger partial charge in [0, 0.05) is 30.4 Å². The predicted octanol–water partition coefficient (Wildman–Crippen LogP) is 2.97. The lowest BCUT2D eigenvalue weighted by atomic mass is 10.1. The number of nitrogens with zero attached hydrogens (tertiary/aromatic N) is 3. The number of hydrogen-bond donors (Lipinski definition) is 1. The monoisotopic (exact) mass is 412 g/mol. The number of nitrogens with one attached hydrogen (secondary N) is 1. The van der Waals surface area contributed by atoms with Gasteiger partial charge in [-0.3, -0.25) is 9.59 Å². The molecule has 0 bridgehead atoms. The molecule has 0 unspecified atom stereocenters. The van der Waals surface area contributed by atoms with Crippen molar-refractivity contribution in [3.8, 4) is 0 Å². The molecule has 0 fully saturated rings. The van der Waals surface area contributed by atoms with Gasteiger partial charge < -0.3 is 10.1 Å². The number of aryl methyl sites for hydroxylation is 3. The first-order valence-corrected chi connectivity index (χ1v) is 9.78. The highest BCUT2D eigenvalue weighted by Gasteiger charge is 2.19. The van der Waals surface area contributed by atoms with Crippen molar-refractivity contribution in [2.75, 3.05) is 0 Å². The van der Waals surface area contributed by atoms with Crippen LogP contribution in [-0.2, 0) is 27.3 Å². The summed E-state index contributed by atoms with van der Waals surface area (Å²) in [5.74, 6) is -1.21. The highest BCUT2D eigenvalue weighted by atomic mass is 19.1. The van der Waals surface area contributed by atoms with Gasteiger partial charge in [0.05, 0.1) is 5.69 Å². The average Bonchev–Trinajstić information content (AvgIpc) is 3.07. The number of hydrogen-bond acceptors (Lipinski definition) is 5. The Balaban J connectivity index is 1.53. The number of fused-ring (bicyclic) bond motifs is 1. The van der Waals surface area contributed by atoms with E-state index in [1.165, 1.54) is 19.1 Å². The van der Waals surface area contributed by atoms with Gasteiger partial charge in [0.25, 0.3) is 5.91 Å². The van der Waals surface area contributed by atoms with E-state index in [2.05, 4.69) is 15.4 Å². The molecule has 30 heavy (non-hydrogen) atoms. The van der Waals surface area contributed by atoms with Crippen LogP contribution >= 0.6 is 0 Å². The minimum Gasteiger partial charge on any atom is -0.453 e. The van der Waals surface area contributed by atoms with E-state index in [1.807, 2.05) is 26.8 Å². The predicted molar refractivity (Wildman–Crippen MR) is 109 cm³/mol. The van der Waals surface area contributed by atoms with Crippen LogP contribution in [0.2, 0.25) is 0 Å². The summed E-state index contributed by atoms with van der Waals surface area (Å²) in [7, 11) is 0. The Labute approximate surface area is 174 Å². The Hall–Kier alpha value is -3.29. The zero-order valence-electron chi connectivity index (χ0n) is 17.5. The third-order valence-electron chi connectivity index (χ3n) is 4.92. The van der Waals surface area contributed by atoms with Gasteiger partial charge in [-0.05, 0) is 57.4 Å². The van der Waals surface area contributed by atoms with Crippen molar-refractivity contribution in [2.45, 2.75) is 53.2 Å². The van der Waals surface area contributed by atoms with E-state index < -0.39 is 18.0 Å². The van der Waals surface area contributed by atoms with Crippen molar-refractivity contribution in [1.29, 1.82) is 0 Å². The zero-order valence-corrected chi connectivity index (χ0v) is 17.5. The van der Waals surface area contributed by atoms with Crippen molar-refractivity contribution in [3.63, 3.8) is 0 Å². The number of halogens is 1. The summed E-state index contributed by atoms with van der Waals surface area (Å²) in [6.07, 6.45) is -0.345. The standard InChI is InChI=1S/C22H25FN4O3/c1-13-11-20-25-14(2)19(15(3)27(20)26-13)9-10-21(28)30-16(4)22(29)24-12-17-5-7-18(23)8-6-17/h5-8,11,16H,9-10,12H2,1-4H3,(H,24,29)/t16-/m1/s1. The fraction of sp³-hybridized carbons (Fsp3) is 0.364. The van der Waals surface area contributed by atoms with Gasteiger partial charge in [0.15, 0.2) is 11.8 Å². The summed E-state index contributed by atoms with van der Waals surface area (Å²) in [4.78, 5) is 29.0. The van der Waals surface area contributed by atoms with E-state index in [-0.39, 0.29) is 18.8 Å². The Kier molecular flexibility index (Phi) is 6.44. The number of benzene rings is 1. The molecule has 0 radical (unpaired) electrons. The van der Waals surface area contributed by atoms with Crippen LogP contribution < -0.4 is 5.32 Å². The average molecular weight is 412 g/mol. The van der Waals surface area contributed by atoms with Gasteiger partial charge in [-0.1, -0.05) is 12.1 Å². The fourth-order valence-electron chi connectivity index (χ4n) is 3.27. The van der Waals surface area contributed by atoms with Crippen LogP contribution in [0.3, 0.4) is 0 Å². The summed E-state index contributed by atoms with van der Waals surface area (Å²) >= 11 is 0. The molecule has 0 aliphatic carbocycles. The lowest BCUT2D eigenvalue weighted by Gasteiger charge is -2.14. The molecule has 0 saturated carbocycles. The molecule has 2 aromatic heterocycles. The maximum atomic E-state index is 12.9. The number of carbonyl (C=O) groups is 2. The lowest BCUT2D eigenvalue weighted by molar-refractivity contribution is -0.154. The van der Waals surface area contributed by atoms with Crippen LogP contribution in [0.25, 0.3) is 5.65 Å². The van der Waals surface area contributed by atoms with Crippen LogP contribution in [0.15, 0.2) is 30.3 Å². The molecular weight excluding hydrogens is 387 g/mol. The molecule has 0 aliphatic heterocycles. The maximum absolute atomic E-state index is 12.9. The van der Waals surface area contributed by atoms with E-state index in [1.54, 1.807) is 16.6 Å². The summed E-state index contributed by atoms with van der Waals surface area (Å²) in [5, 5.41) is 7.11. The number of rotatable bonds is 7. The minimum atomic E-state index is -0.922. The van der Waals surface area contributed by atoms with E-state index in [0.717, 1.165) is 33.9 Å². The normalized spacial score (nSPS) is 12.0. The van der Waals surface area contributed by atoms with Crippen LogP contribution in [0.5, 0.6) is 0 Å². The van der Waals surface area contributed by atoms with Crippen LogP contribution in [0, 0.1) is 26.6 Å². The molecule has 1 amide bonds. The molecule has 1 atom stereocenters. The minimum absolute atomic E-state index is 0.130. The van der Waals surface area contributed by atoms with Crippen molar-refractivity contribution in [3.05, 3.63) is 64.4 Å². The van der Waals surface area contributed by atoms with Crippen molar-refractivity contribution in [1.82, 2.24) is 19.9 Å². The van der Waals surface area contributed by atoms with Gasteiger partial charge in [-0.25, -0.2) is 13.9 Å². The van der Waals surface area contributed by atoms with Gasteiger partial charge in [0.1, 0.15) is 5.82 Å². The smallest absolute Gasteiger partial charge is 0.306 e. The second kappa shape index (κ2) is 9.02. The molecule has 3 rings (SSSR count). The summed E-state index contributed by atoms with van der Waals surface area (Å²) in [5.41, 5.74) is 5.13. The van der Waals surface area contributed by atoms with Crippen LogP contribution in [0.1, 0.15) is 41.6 Å². The van der Waals surface area contributed by atoms with E-state index in [4.69, 9.17) is 4.74 Å². The quantitative estimate of drug-likeness (QED) is 0.603. The number of ether oxygens (including phenoxy) is 1. The molecule has 0 aliphatic rings. The van der Waals surface area contributed by atoms with Crippen molar-refractivity contribution < 1.29 is 18.7 Å². The molecule has 7 nitrogen and oxygen atoms in total. The van der Waals surface area contributed by atoms with E-state index in [0.29, 0.717) is 6.42 Å². The first-order chi connectivity index (χ1) is 14.2. The molecule has 1 N–H and O–H groups in total. The number of aromatic nitrogens is 3. The molecule has 0 spiro atoms. The van der Waals surface area contributed by atoms with Gasteiger partial charge >= 0.3 is 5.97 Å². The van der Waals surface area contributed by atoms with E-state index >= 15 is 0 Å². The summed E-state index contributed by atoms with van der Waals surface area (Å²) in [6.45, 7) is 7.51. The topological polar surface area (TPSA) is 85.6 Å². The van der Waals surface area contributed by atoms with E-state index in [9.17, 15) is 14.0 Å². The molecular formula is C22H25FN4O3. The maximum Gasteiger partial charge on any atom is 0.306 e. The molecule has 2 heterocycles. The second-order valence-electron chi connectivity index (χ2n) is 7.29. The molecule has 8 heteroatoms. The van der Waals surface area contributed by atoms with Crippen molar-refractivity contribution >= 4 is 17.5 Å². The van der Waals surface area contributed by atoms with Gasteiger partial charge in [0.2, 0.25) is 0 Å². The molecule has 158 valence electrons. The number of carbonyl (C=O) groups excluding carboxylic acids is 2. The molecule has 1 aromatic carbocycles. The summed E-state index contributed by atoms with van der Waals surface area (Å²) < 4.78 is 20.0.